The predicted octanol–water partition coefficient (Wildman–Crippen LogP) is 14.8. The van der Waals surface area contributed by atoms with Crippen LogP contribution in [0, 0.1) is 29.1 Å². The summed E-state index contributed by atoms with van der Waals surface area (Å²) in [5.41, 5.74) is 0.537. The minimum atomic E-state index is -0.879. The Bertz CT molecular complexity index is 1920. The number of amides is 1. The molecule has 0 spiro atoms. The van der Waals surface area contributed by atoms with Gasteiger partial charge in [-0.25, -0.2) is 9.97 Å². The van der Waals surface area contributed by atoms with E-state index in [-0.39, 0.29) is 73.6 Å². The highest BCUT2D eigenvalue weighted by Crippen LogP contribution is 2.31. The van der Waals surface area contributed by atoms with E-state index in [9.17, 15) is 24.0 Å². The van der Waals surface area contributed by atoms with E-state index < -0.39 is 12.1 Å². The Labute approximate surface area is 459 Å². The van der Waals surface area contributed by atoms with Gasteiger partial charge in [-0.2, -0.15) is 5.26 Å². The number of aromatic nitrogens is 3. The van der Waals surface area contributed by atoms with Crippen LogP contribution >= 0.6 is 0 Å². The summed E-state index contributed by atoms with van der Waals surface area (Å²) < 4.78 is 18.6. The fraction of sp³-hybridized carbons (Fsp3) is 0.806. The van der Waals surface area contributed by atoms with E-state index in [1.54, 1.807) is 15.7 Å². The van der Waals surface area contributed by atoms with Gasteiger partial charge in [-0.05, 0) is 43.1 Å². The quantitative estimate of drug-likeness (QED) is 0.0349. The summed E-state index contributed by atoms with van der Waals surface area (Å²) >= 11 is 0. The van der Waals surface area contributed by atoms with Gasteiger partial charge in [-0.1, -0.05) is 208 Å². The Morgan fingerprint density at radius 2 is 1.13 bits per heavy atom. The highest BCUT2D eigenvalue weighted by atomic mass is 16.6. The highest BCUT2D eigenvalue weighted by Gasteiger charge is 2.33. The van der Waals surface area contributed by atoms with Crippen LogP contribution in [0.3, 0.4) is 0 Å². The van der Waals surface area contributed by atoms with Gasteiger partial charge in [-0.3, -0.25) is 28.5 Å². The molecule has 0 saturated carbocycles. The number of esters is 3. The maximum absolute atomic E-state index is 13.7. The van der Waals surface area contributed by atoms with Crippen molar-refractivity contribution in [1.29, 1.82) is 5.26 Å². The summed E-state index contributed by atoms with van der Waals surface area (Å²) in [7, 11) is 1.96. The Balaban J connectivity index is 1.42. The maximum Gasteiger partial charge on any atom is 0.306 e. The fourth-order valence-corrected chi connectivity index (χ4v) is 10.7. The SMILES string of the molecule is CCCCCCCCCCCCCCCC(=O)OCC(COC(=O)CCCCCCCCCCCCCCC)OC(=O)CC(C)CCCC(C)CC(=O)n1ccc2c(N(C)[C@H]3CN(C(=O)CC#N)CC[C@H]3C)ncnc21. The maximum atomic E-state index is 13.7. The molecular weight excluding hydrogens is 957 g/mol. The average Bonchev–Trinajstić information content (AvgIpc) is 3.85. The van der Waals surface area contributed by atoms with Crippen LogP contribution in [-0.2, 0) is 33.4 Å². The first-order valence-electron chi connectivity index (χ1n) is 30.6. The van der Waals surface area contributed by atoms with Gasteiger partial charge in [0.25, 0.3) is 0 Å². The van der Waals surface area contributed by atoms with E-state index >= 15 is 0 Å². The molecule has 1 amide bonds. The lowest BCUT2D eigenvalue weighted by Gasteiger charge is -2.42. The Morgan fingerprint density at radius 1 is 0.658 bits per heavy atom. The van der Waals surface area contributed by atoms with E-state index in [4.69, 9.17) is 19.5 Å². The van der Waals surface area contributed by atoms with Crippen LogP contribution in [0.25, 0.3) is 11.0 Å². The molecule has 76 heavy (non-hydrogen) atoms. The molecule has 3 rings (SSSR count). The number of likely N-dealkylation sites (N-methyl/N-ethyl adjacent to an activating group) is 1. The third-order valence-corrected chi connectivity index (χ3v) is 15.6. The summed E-state index contributed by atoms with van der Waals surface area (Å²) in [5, 5.41) is 9.84. The molecular formula is C62H104N6O8. The molecule has 2 aromatic heterocycles. The van der Waals surface area contributed by atoms with Crippen LogP contribution in [0.4, 0.5) is 5.82 Å². The molecule has 0 bridgehead atoms. The zero-order valence-corrected chi connectivity index (χ0v) is 48.6. The van der Waals surface area contributed by atoms with Crippen molar-refractivity contribution in [2.75, 3.05) is 38.3 Å². The number of anilines is 1. The minimum Gasteiger partial charge on any atom is -0.462 e. The van der Waals surface area contributed by atoms with Crippen LogP contribution in [0.15, 0.2) is 18.6 Å². The minimum absolute atomic E-state index is 0.0104. The number of likely N-dealkylation sites (tertiary alicyclic amines) is 1. The molecule has 1 aliphatic heterocycles. The van der Waals surface area contributed by atoms with Crippen molar-refractivity contribution in [3.63, 3.8) is 0 Å². The molecule has 1 saturated heterocycles. The molecule has 4 atom stereocenters. The second kappa shape index (κ2) is 40.6. The molecule has 2 unspecified atom stereocenters. The summed E-state index contributed by atoms with van der Waals surface area (Å²) in [6.45, 7) is 11.6. The first kappa shape index (κ1) is 65.7. The Morgan fingerprint density at radius 3 is 1.62 bits per heavy atom. The molecule has 0 aliphatic carbocycles. The number of unbranched alkanes of at least 4 members (excludes halogenated alkanes) is 24. The van der Waals surface area contributed by atoms with Gasteiger partial charge in [0.2, 0.25) is 11.8 Å². The predicted molar refractivity (Wildman–Crippen MR) is 305 cm³/mol. The number of fused-ring (bicyclic) bond motifs is 1. The van der Waals surface area contributed by atoms with Gasteiger partial charge >= 0.3 is 17.9 Å². The topological polar surface area (TPSA) is 174 Å². The van der Waals surface area contributed by atoms with Gasteiger partial charge < -0.3 is 24.0 Å². The molecule has 14 heteroatoms. The lowest BCUT2D eigenvalue weighted by molar-refractivity contribution is -0.167. The fourth-order valence-electron chi connectivity index (χ4n) is 10.7. The number of nitriles is 1. The number of hydrogen-bond acceptors (Lipinski definition) is 12. The van der Waals surface area contributed by atoms with Crippen LogP contribution in [0.2, 0.25) is 0 Å². The van der Waals surface area contributed by atoms with Gasteiger partial charge in [0.05, 0.1) is 17.5 Å². The van der Waals surface area contributed by atoms with Crippen molar-refractivity contribution in [3.8, 4) is 6.07 Å². The van der Waals surface area contributed by atoms with Crippen molar-refractivity contribution in [2.45, 2.75) is 271 Å². The van der Waals surface area contributed by atoms with E-state index in [0.29, 0.717) is 43.8 Å². The number of ether oxygens (including phenoxy) is 3. The van der Waals surface area contributed by atoms with E-state index in [1.807, 2.05) is 26.1 Å². The van der Waals surface area contributed by atoms with Crippen LogP contribution in [0.5, 0.6) is 0 Å². The second-order valence-electron chi connectivity index (χ2n) is 22.6. The highest BCUT2D eigenvalue weighted by molar-refractivity contribution is 5.95. The average molecular weight is 1060 g/mol. The number of hydrogen-bond donors (Lipinski definition) is 0. The molecule has 0 radical (unpaired) electrons. The third-order valence-electron chi connectivity index (χ3n) is 15.6. The molecule has 3 heterocycles. The van der Waals surface area contributed by atoms with Crippen molar-refractivity contribution < 1.29 is 38.2 Å². The normalized spacial score (nSPS) is 15.4. The molecule has 14 nitrogen and oxygen atoms in total. The number of nitrogens with zero attached hydrogens (tertiary/aromatic N) is 6. The zero-order valence-electron chi connectivity index (χ0n) is 48.6. The van der Waals surface area contributed by atoms with Crippen LogP contribution in [0.1, 0.15) is 264 Å². The van der Waals surface area contributed by atoms with Gasteiger partial charge in [0.1, 0.15) is 31.8 Å². The van der Waals surface area contributed by atoms with Crippen molar-refractivity contribution in [2.24, 2.45) is 17.8 Å². The number of carbonyl (C=O) groups is 5. The summed E-state index contributed by atoms with van der Waals surface area (Å²) in [4.78, 5) is 78.1. The number of rotatable bonds is 44. The Hall–Kier alpha value is -4.54. The molecule has 430 valence electrons. The van der Waals surface area contributed by atoms with Gasteiger partial charge in [-0.15, -0.1) is 0 Å². The van der Waals surface area contributed by atoms with Crippen LogP contribution in [-0.4, -0.2) is 94.7 Å². The molecule has 0 aromatic carbocycles. The van der Waals surface area contributed by atoms with Crippen LogP contribution < -0.4 is 4.90 Å². The second-order valence-corrected chi connectivity index (χ2v) is 22.6. The third kappa shape index (κ3) is 27.7. The first-order chi connectivity index (χ1) is 36.9. The van der Waals surface area contributed by atoms with Crippen molar-refractivity contribution in [3.05, 3.63) is 18.6 Å². The monoisotopic (exact) mass is 1060 g/mol. The largest absolute Gasteiger partial charge is 0.462 e. The van der Waals surface area contributed by atoms with Gasteiger partial charge in [0.15, 0.2) is 11.8 Å². The lowest BCUT2D eigenvalue weighted by Crippen LogP contribution is -2.52. The first-order valence-corrected chi connectivity index (χ1v) is 30.6. The summed E-state index contributed by atoms with van der Waals surface area (Å²) in [5.74, 6) is -0.231. The zero-order chi connectivity index (χ0) is 55.2. The molecule has 1 aliphatic rings. The van der Waals surface area contributed by atoms with Crippen molar-refractivity contribution in [1.82, 2.24) is 19.4 Å². The Kier molecular flexibility index (Phi) is 35.2. The molecule has 2 aromatic rings. The number of carbonyl (C=O) groups excluding carboxylic acids is 5. The van der Waals surface area contributed by atoms with Crippen molar-refractivity contribution >= 4 is 46.6 Å². The van der Waals surface area contributed by atoms with E-state index in [1.165, 1.54) is 135 Å². The van der Waals surface area contributed by atoms with E-state index in [2.05, 4.69) is 42.6 Å². The standard InChI is InChI=1S/C62H104N6O8/c1-7-9-11-13-15-17-19-21-23-25-27-29-31-36-58(71)74-47-53(48-75-59(72)37-32-30-28-26-24-22-20-18-16-14-12-10-8-2)76-60(73)45-51(4)35-33-34-50(3)44-57(70)68-43-40-54-61(64-49-65-62(54)68)66(6)55-46-67(42-39-52(55)5)56(69)38-41-63/h40,43,49-53,55H,7-39,42,44-48H2,1-6H3/t50?,51?,52-,55+/m1/s1. The smallest absolute Gasteiger partial charge is 0.306 e. The summed E-state index contributed by atoms with van der Waals surface area (Å²) in [6, 6.07) is 3.83. The molecule has 1 fully saturated rings. The summed E-state index contributed by atoms with van der Waals surface area (Å²) in [6.07, 6.45) is 38.3. The molecule has 0 N–H and O–H groups in total. The number of piperidine rings is 1. The lowest BCUT2D eigenvalue weighted by atomic mass is 9.92. The van der Waals surface area contributed by atoms with Gasteiger partial charge in [0, 0.05) is 52.0 Å². The van der Waals surface area contributed by atoms with E-state index in [0.717, 1.165) is 69.6 Å².